The highest BCUT2D eigenvalue weighted by molar-refractivity contribution is 5.89. The number of benzene rings is 1. The second kappa shape index (κ2) is 5.44. The molecule has 2 aromatic rings. The number of aryl methyl sites for hydroxylation is 1. The average Bonchev–Trinajstić information content (AvgIpc) is 2.72. The Kier molecular flexibility index (Phi) is 3.71. The van der Waals surface area contributed by atoms with E-state index >= 15 is 0 Å². The largest absolute Gasteiger partial charge is 0.497 e. The van der Waals surface area contributed by atoms with E-state index in [-0.39, 0.29) is 13.0 Å². The van der Waals surface area contributed by atoms with Gasteiger partial charge in [-0.3, -0.25) is 4.79 Å². The van der Waals surface area contributed by atoms with Gasteiger partial charge in [0.05, 0.1) is 13.5 Å². The zero-order chi connectivity index (χ0) is 13.8. The second-order valence-corrected chi connectivity index (χ2v) is 4.14. The summed E-state index contributed by atoms with van der Waals surface area (Å²) in [5.41, 5.74) is 2.73. The van der Waals surface area contributed by atoms with Crippen LogP contribution < -0.4 is 4.74 Å². The van der Waals surface area contributed by atoms with Crippen LogP contribution in [0.4, 0.5) is 0 Å². The molecule has 0 aliphatic rings. The van der Waals surface area contributed by atoms with Crippen molar-refractivity contribution in [1.29, 1.82) is 5.26 Å². The van der Waals surface area contributed by atoms with Crippen molar-refractivity contribution in [2.24, 2.45) is 0 Å². The van der Waals surface area contributed by atoms with Gasteiger partial charge in [0.1, 0.15) is 11.8 Å². The van der Waals surface area contributed by atoms with Crippen molar-refractivity contribution in [1.82, 2.24) is 4.98 Å². The molecule has 0 fully saturated rings. The fourth-order valence-electron chi connectivity index (χ4n) is 2.02. The maximum absolute atomic E-state index is 11.6. The number of ether oxygens (including phenoxy) is 2. The fourth-order valence-corrected chi connectivity index (χ4v) is 2.02. The topological polar surface area (TPSA) is 75.1 Å². The lowest BCUT2D eigenvalue weighted by Crippen LogP contribution is -2.08. The SMILES string of the molecule is COc1ccc2[nH]c(C)c(CC(=O)OCC#N)c2c1. The molecule has 5 heteroatoms. The van der Waals surface area contributed by atoms with Crippen LogP contribution >= 0.6 is 0 Å². The van der Waals surface area contributed by atoms with Gasteiger partial charge in [-0.25, -0.2) is 0 Å². The van der Waals surface area contributed by atoms with Crippen molar-refractivity contribution in [2.45, 2.75) is 13.3 Å². The number of carbonyl (C=O) groups is 1. The number of nitrogens with zero attached hydrogens (tertiary/aromatic N) is 1. The van der Waals surface area contributed by atoms with Crippen molar-refractivity contribution < 1.29 is 14.3 Å². The Bertz CT molecular complexity index is 652. The monoisotopic (exact) mass is 258 g/mol. The molecule has 0 aliphatic heterocycles. The van der Waals surface area contributed by atoms with E-state index in [2.05, 4.69) is 4.98 Å². The zero-order valence-corrected chi connectivity index (χ0v) is 10.8. The van der Waals surface area contributed by atoms with Crippen LogP contribution in [0.1, 0.15) is 11.3 Å². The van der Waals surface area contributed by atoms with Crippen LogP contribution in [0.2, 0.25) is 0 Å². The number of aromatic amines is 1. The third kappa shape index (κ3) is 2.68. The van der Waals surface area contributed by atoms with E-state index in [0.717, 1.165) is 27.9 Å². The molecule has 0 amide bonds. The first-order chi connectivity index (χ1) is 9.15. The van der Waals surface area contributed by atoms with E-state index in [1.807, 2.05) is 25.1 Å². The summed E-state index contributed by atoms with van der Waals surface area (Å²) in [6.45, 7) is 1.68. The Hall–Kier alpha value is -2.48. The van der Waals surface area contributed by atoms with E-state index in [4.69, 9.17) is 14.7 Å². The van der Waals surface area contributed by atoms with Gasteiger partial charge in [-0.05, 0) is 30.7 Å². The number of esters is 1. The van der Waals surface area contributed by atoms with Crippen LogP contribution in [0.5, 0.6) is 5.75 Å². The van der Waals surface area contributed by atoms with Gasteiger partial charge >= 0.3 is 5.97 Å². The molecule has 19 heavy (non-hydrogen) atoms. The number of hydrogen-bond acceptors (Lipinski definition) is 4. The summed E-state index contributed by atoms with van der Waals surface area (Å²) in [6, 6.07) is 7.42. The molecule has 2 rings (SSSR count). The zero-order valence-electron chi connectivity index (χ0n) is 10.8. The van der Waals surface area contributed by atoms with Crippen molar-refractivity contribution >= 4 is 16.9 Å². The molecule has 0 radical (unpaired) electrons. The fraction of sp³-hybridized carbons (Fsp3) is 0.286. The first kappa shape index (κ1) is 13.0. The van der Waals surface area contributed by atoms with E-state index in [1.165, 1.54) is 0 Å². The second-order valence-electron chi connectivity index (χ2n) is 4.14. The Morgan fingerprint density at radius 1 is 1.47 bits per heavy atom. The summed E-state index contributed by atoms with van der Waals surface area (Å²) in [6.07, 6.45) is 0.140. The molecule has 1 heterocycles. The number of hydrogen-bond donors (Lipinski definition) is 1. The maximum Gasteiger partial charge on any atom is 0.311 e. The summed E-state index contributed by atoms with van der Waals surface area (Å²) in [5.74, 6) is 0.325. The summed E-state index contributed by atoms with van der Waals surface area (Å²) < 4.78 is 9.96. The molecule has 0 saturated carbocycles. The lowest BCUT2D eigenvalue weighted by molar-refractivity contribution is -0.141. The first-order valence-corrected chi connectivity index (χ1v) is 5.83. The predicted molar refractivity (Wildman–Crippen MR) is 69.9 cm³/mol. The number of nitriles is 1. The number of nitrogens with one attached hydrogen (secondary N) is 1. The number of fused-ring (bicyclic) bond motifs is 1. The van der Waals surface area contributed by atoms with Gasteiger partial charge in [-0.2, -0.15) is 5.26 Å². The van der Waals surface area contributed by atoms with Gasteiger partial charge in [0.15, 0.2) is 6.61 Å². The molecule has 0 spiro atoms. The lowest BCUT2D eigenvalue weighted by Gasteiger charge is -2.03. The third-order valence-electron chi connectivity index (χ3n) is 2.95. The van der Waals surface area contributed by atoms with Crippen LogP contribution in [0.3, 0.4) is 0 Å². The van der Waals surface area contributed by atoms with Crippen LogP contribution in [-0.2, 0) is 16.0 Å². The van der Waals surface area contributed by atoms with Crippen molar-refractivity contribution in [3.8, 4) is 11.8 Å². The van der Waals surface area contributed by atoms with E-state index in [1.54, 1.807) is 13.2 Å². The van der Waals surface area contributed by atoms with Gasteiger partial charge in [0.25, 0.3) is 0 Å². The highest BCUT2D eigenvalue weighted by Gasteiger charge is 2.14. The van der Waals surface area contributed by atoms with Crippen LogP contribution in [-0.4, -0.2) is 24.7 Å². The van der Waals surface area contributed by atoms with Crippen LogP contribution in [0, 0.1) is 18.3 Å². The molecule has 5 nitrogen and oxygen atoms in total. The molecule has 1 aromatic carbocycles. The first-order valence-electron chi connectivity index (χ1n) is 5.83. The molecule has 0 bridgehead atoms. The summed E-state index contributed by atoms with van der Waals surface area (Å²) in [5, 5.41) is 9.32. The molecular formula is C14H14N2O3. The van der Waals surface area contributed by atoms with Gasteiger partial charge in [0, 0.05) is 16.6 Å². The van der Waals surface area contributed by atoms with Gasteiger partial charge in [0.2, 0.25) is 0 Å². The van der Waals surface area contributed by atoms with E-state index in [0.29, 0.717) is 0 Å². The summed E-state index contributed by atoms with van der Waals surface area (Å²) in [4.78, 5) is 14.8. The molecule has 0 unspecified atom stereocenters. The van der Waals surface area contributed by atoms with Crippen LogP contribution in [0.25, 0.3) is 10.9 Å². The highest BCUT2D eigenvalue weighted by atomic mass is 16.5. The van der Waals surface area contributed by atoms with Crippen LogP contribution in [0.15, 0.2) is 18.2 Å². The molecule has 1 aromatic heterocycles. The van der Waals surface area contributed by atoms with Gasteiger partial charge in [-0.1, -0.05) is 0 Å². The van der Waals surface area contributed by atoms with Crippen molar-refractivity contribution in [3.63, 3.8) is 0 Å². The molecule has 0 atom stereocenters. The molecule has 0 saturated heterocycles. The van der Waals surface area contributed by atoms with Gasteiger partial charge in [-0.15, -0.1) is 0 Å². The minimum Gasteiger partial charge on any atom is -0.497 e. The molecule has 0 aliphatic carbocycles. The molecule has 1 N–H and O–H groups in total. The Balaban J connectivity index is 2.33. The summed E-state index contributed by atoms with van der Waals surface area (Å²) >= 11 is 0. The quantitative estimate of drug-likeness (QED) is 0.852. The minimum absolute atomic E-state index is 0.140. The smallest absolute Gasteiger partial charge is 0.311 e. The number of methoxy groups -OCH3 is 1. The average molecular weight is 258 g/mol. The third-order valence-corrected chi connectivity index (χ3v) is 2.95. The van der Waals surface area contributed by atoms with Crippen molar-refractivity contribution in [2.75, 3.05) is 13.7 Å². The Morgan fingerprint density at radius 2 is 2.26 bits per heavy atom. The lowest BCUT2D eigenvalue weighted by atomic mass is 10.1. The number of aromatic nitrogens is 1. The standard InChI is InChI=1S/C14H14N2O3/c1-9-11(8-14(17)19-6-5-15)12-7-10(18-2)3-4-13(12)16-9/h3-4,7,16H,6,8H2,1-2H3. The molecule has 98 valence electrons. The minimum atomic E-state index is -0.409. The number of H-pyrrole nitrogens is 1. The van der Waals surface area contributed by atoms with E-state index in [9.17, 15) is 4.79 Å². The maximum atomic E-state index is 11.6. The summed E-state index contributed by atoms with van der Waals surface area (Å²) in [7, 11) is 1.60. The number of carbonyl (C=O) groups excluding carboxylic acids is 1. The normalized spacial score (nSPS) is 10.2. The van der Waals surface area contributed by atoms with Gasteiger partial charge < -0.3 is 14.5 Å². The highest BCUT2D eigenvalue weighted by Crippen LogP contribution is 2.26. The Morgan fingerprint density at radius 3 is 2.95 bits per heavy atom. The molecular weight excluding hydrogens is 244 g/mol. The van der Waals surface area contributed by atoms with E-state index < -0.39 is 5.97 Å². The number of rotatable bonds is 4. The van der Waals surface area contributed by atoms with Crippen molar-refractivity contribution in [3.05, 3.63) is 29.5 Å². The predicted octanol–water partition coefficient (Wildman–Crippen LogP) is 2.09. The Labute approximate surface area is 110 Å².